The van der Waals surface area contributed by atoms with Crippen molar-refractivity contribution in [3.63, 3.8) is 0 Å². The SMILES string of the molecule is C[C@@H]1C[C@@H](Sc2ccccc2N)CC(=S)N1Cc1ccccc1. The fraction of sp³-hybridized carbons (Fsp3) is 0.316. The summed E-state index contributed by atoms with van der Waals surface area (Å²) in [5, 5.41) is 0.509. The van der Waals surface area contributed by atoms with Crippen molar-refractivity contribution in [2.24, 2.45) is 0 Å². The molecule has 0 unspecified atom stereocenters. The maximum absolute atomic E-state index is 6.07. The lowest BCUT2D eigenvalue weighted by Crippen LogP contribution is -2.44. The van der Waals surface area contributed by atoms with Crippen molar-refractivity contribution in [2.75, 3.05) is 5.73 Å². The van der Waals surface area contributed by atoms with Crippen LogP contribution in [0.1, 0.15) is 25.3 Å². The van der Waals surface area contributed by atoms with Gasteiger partial charge in [0.15, 0.2) is 0 Å². The Balaban J connectivity index is 1.65. The van der Waals surface area contributed by atoms with E-state index in [1.165, 1.54) is 10.5 Å². The van der Waals surface area contributed by atoms with Gasteiger partial charge >= 0.3 is 0 Å². The van der Waals surface area contributed by atoms with E-state index in [9.17, 15) is 0 Å². The molecule has 120 valence electrons. The monoisotopic (exact) mass is 342 g/mol. The summed E-state index contributed by atoms with van der Waals surface area (Å²) in [7, 11) is 0. The number of likely N-dealkylation sites (tertiary alicyclic amines) is 1. The van der Waals surface area contributed by atoms with Crippen LogP contribution in [0.25, 0.3) is 0 Å². The number of nitrogen functional groups attached to an aromatic ring is 1. The van der Waals surface area contributed by atoms with E-state index in [0.717, 1.165) is 30.1 Å². The molecule has 1 saturated heterocycles. The van der Waals surface area contributed by atoms with Crippen LogP contribution in [0.5, 0.6) is 0 Å². The number of nitrogens with two attached hydrogens (primary N) is 1. The maximum atomic E-state index is 6.07. The van der Waals surface area contributed by atoms with Crippen LogP contribution in [0.3, 0.4) is 0 Å². The van der Waals surface area contributed by atoms with E-state index in [2.05, 4.69) is 48.2 Å². The van der Waals surface area contributed by atoms with Crippen molar-refractivity contribution in [3.05, 3.63) is 60.2 Å². The molecule has 1 aliphatic heterocycles. The van der Waals surface area contributed by atoms with E-state index in [1.807, 2.05) is 30.0 Å². The lowest BCUT2D eigenvalue weighted by atomic mass is 10.0. The molecule has 2 N–H and O–H groups in total. The molecule has 0 aliphatic carbocycles. The molecular formula is C19H22N2S2. The average molecular weight is 343 g/mol. The molecule has 0 radical (unpaired) electrons. The molecule has 0 saturated carbocycles. The van der Waals surface area contributed by atoms with Gasteiger partial charge in [-0.3, -0.25) is 0 Å². The third-order valence-electron chi connectivity index (χ3n) is 4.27. The zero-order valence-electron chi connectivity index (χ0n) is 13.3. The van der Waals surface area contributed by atoms with Crippen LogP contribution in [0.4, 0.5) is 5.69 Å². The smallest absolute Gasteiger partial charge is 0.0795 e. The molecule has 1 heterocycles. The predicted octanol–water partition coefficient (Wildman–Crippen LogP) is 4.74. The number of thiocarbonyl (C=S) groups is 1. The van der Waals surface area contributed by atoms with Gasteiger partial charge in [0.25, 0.3) is 0 Å². The molecule has 0 aromatic heterocycles. The fourth-order valence-electron chi connectivity index (χ4n) is 3.03. The Hall–Kier alpha value is -1.52. The largest absolute Gasteiger partial charge is 0.398 e. The van der Waals surface area contributed by atoms with Gasteiger partial charge in [0, 0.05) is 34.8 Å². The normalized spacial score (nSPS) is 21.4. The minimum atomic E-state index is 0.457. The summed E-state index contributed by atoms with van der Waals surface area (Å²) < 4.78 is 0. The first-order valence-corrected chi connectivity index (χ1v) is 9.27. The van der Waals surface area contributed by atoms with Crippen LogP contribution in [-0.4, -0.2) is 21.2 Å². The first kappa shape index (κ1) is 16.3. The molecule has 2 nitrogen and oxygen atoms in total. The van der Waals surface area contributed by atoms with Crippen molar-refractivity contribution in [1.29, 1.82) is 0 Å². The second-order valence-corrected chi connectivity index (χ2v) is 7.89. The fourth-order valence-corrected chi connectivity index (χ4v) is 4.92. The Kier molecular flexibility index (Phi) is 5.23. The molecule has 2 aromatic carbocycles. The number of hydrogen-bond donors (Lipinski definition) is 1. The molecule has 3 rings (SSSR count). The minimum Gasteiger partial charge on any atom is -0.398 e. The van der Waals surface area contributed by atoms with Crippen molar-refractivity contribution in [3.8, 4) is 0 Å². The van der Waals surface area contributed by atoms with E-state index in [4.69, 9.17) is 18.0 Å². The summed E-state index contributed by atoms with van der Waals surface area (Å²) in [6, 6.07) is 19.1. The van der Waals surface area contributed by atoms with Crippen LogP contribution in [0.15, 0.2) is 59.5 Å². The van der Waals surface area contributed by atoms with Gasteiger partial charge in [-0.2, -0.15) is 0 Å². The number of anilines is 1. The van der Waals surface area contributed by atoms with Crippen molar-refractivity contribution in [1.82, 2.24) is 4.90 Å². The number of nitrogens with zero attached hydrogens (tertiary/aromatic N) is 1. The second kappa shape index (κ2) is 7.37. The zero-order chi connectivity index (χ0) is 16.2. The number of para-hydroxylation sites is 1. The highest BCUT2D eigenvalue weighted by Gasteiger charge is 2.29. The molecule has 1 fully saturated rings. The predicted molar refractivity (Wildman–Crippen MR) is 104 cm³/mol. The van der Waals surface area contributed by atoms with Gasteiger partial charge in [-0.25, -0.2) is 0 Å². The van der Waals surface area contributed by atoms with Crippen molar-refractivity contribution < 1.29 is 0 Å². The first-order valence-electron chi connectivity index (χ1n) is 7.98. The van der Waals surface area contributed by atoms with E-state index in [0.29, 0.717) is 11.3 Å². The number of benzene rings is 2. The van der Waals surface area contributed by atoms with Crippen LogP contribution in [-0.2, 0) is 6.54 Å². The lowest BCUT2D eigenvalue weighted by molar-refractivity contribution is 0.284. The third-order valence-corrected chi connectivity index (χ3v) is 5.99. The summed E-state index contributed by atoms with van der Waals surface area (Å²) in [6.07, 6.45) is 2.08. The van der Waals surface area contributed by atoms with Crippen LogP contribution in [0, 0.1) is 0 Å². The summed E-state index contributed by atoms with van der Waals surface area (Å²) in [5.41, 5.74) is 8.26. The van der Waals surface area contributed by atoms with Crippen molar-refractivity contribution >= 4 is 34.7 Å². The Labute approximate surface area is 148 Å². The molecule has 23 heavy (non-hydrogen) atoms. The van der Waals surface area contributed by atoms with Gasteiger partial charge in [0.1, 0.15) is 0 Å². The quantitative estimate of drug-likeness (QED) is 0.642. The van der Waals surface area contributed by atoms with Crippen LogP contribution in [0.2, 0.25) is 0 Å². The Bertz CT molecular complexity index is 672. The van der Waals surface area contributed by atoms with Gasteiger partial charge in [-0.05, 0) is 31.0 Å². The maximum Gasteiger partial charge on any atom is 0.0795 e. The van der Waals surface area contributed by atoms with Gasteiger partial charge < -0.3 is 10.6 Å². The highest BCUT2D eigenvalue weighted by atomic mass is 32.2. The van der Waals surface area contributed by atoms with Crippen molar-refractivity contribution in [2.45, 2.75) is 42.5 Å². The first-order chi connectivity index (χ1) is 11.1. The van der Waals surface area contributed by atoms with Gasteiger partial charge in [-0.1, -0.05) is 54.7 Å². The molecular weight excluding hydrogens is 320 g/mol. The summed E-state index contributed by atoms with van der Waals surface area (Å²) >= 11 is 7.58. The second-order valence-electron chi connectivity index (χ2n) is 6.07. The van der Waals surface area contributed by atoms with Gasteiger partial charge in [-0.15, -0.1) is 11.8 Å². The molecule has 0 amide bonds. The number of hydrogen-bond acceptors (Lipinski definition) is 3. The zero-order valence-corrected chi connectivity index (χ0v) is 14.9. The molecule has 0 bridgehead atoms. The summed E-state index contributed by atoms with van der Waals surface area (Å²) in [4.78, 5) is 4.61. The standard InChI is InChI=1S/C19H22N2S2/c1-14-11-16(23-18-10-6-5-9-17(18)20)12-19(22)21(14)13-15-7-3-2-4-8-15/h2-10,14,16H,11-13,20H2,1H3/t14-,16-/m1/s1. The molecule has 2 atom stereocenters. The Morgan fingerprint density at radius 2 is 1.83 bits per heavy atom. The summed E-state index contributed by atoms with van der Waals surface area (Å²) in [5.74, 6) is 0. The minimum absolute atomic E-state index is 0.457. The number of piperidine rings is 1. The molecule has 0 spiro atoms. The van der Waals surface area contributed by atoms with E-state index in [1.54, 1.807) is 0 Å². The van der Waals surface area contributed by atoms with Crippen LogP contribution < -0.4 is 5.73 Å². The highest BCUT2D eigenvalue weighted by molar-refractivity contribution is 8.00. The van der Waals surface area contributed by atoms with E-state index >= 15 is 0 Å². The van der Waals surface area contributed by atoms with E-state index < -0.39 is 0 Å². The van der Waals surface area contributed by atoms with Crippen LogP contribution >= 0.6 is 24.0 Å². The topological polar surface area (TPSA) is 29.3 Å². The number of rotatable bonds is 4. The summed E-state index contributed by atoms with van der Waals surface area (Å²) in [6.45, 7) is 3.18. The number of thioether (sulfide) groups is 1. The van der Waals surface area contributed by atoms with E-state index in [-0.39, 0.29) is 0 Å². The highest BCUT2D eigenvalue weighted by Crippen LogP contribution is 2.36. The Morgan fingerprint density at radius 1 is 1.13 bits per heavy atom. The lowest BCUT2D eigenvalue weighted by Gasteiger charge is -2.39. The van der Waals surface area contributed by atoms with Gasteiger partial charge in [0.05, 0.1) is 4.99 Å². The van der Waals surface area contributed by atoms with Gasteiger partial charge in [0.2, 0.25) is 0 Å². The Morgan fingerprint density at radius 3 is 2.52 bits per heavy atom. The molecule has 1 aliphatic rings. The molecule has 2 aromatic rings. The average Bonchev–Trinajstić information content (AvgIpc) is 2.54. The molecule has 4 heteroatoms. The third kappa shape index (κ3) is 4.06.